The molecule has 0 saturated heterocycles. The van der Waals surface area contributed by atoms with Gasteiger partial charge in [-0.1, -0.05) is 37.3 Å². The van der Waals surface area contributed by atoms with Crippen molar-refractivity contribution < 1.29 is 4.74 Å². The van der Waals surface area contributed by atoms with Crippen molar-refractivity contribution >= 4 is 0 Å². The fourth-order valence-corrected chi connectivity index (χ4v) is 3.56. The first kappa shape index (κ1) is 15.1. The lowest BCUT2D eigenvalue weighted by Crippen LogP contribution is -2.16. The predicted molar refractivity (Wildman–Crippen MR) is 91.5 cm³/mol. The lowest BCUT2D eigenvalue weighted by molar-refractivity contribution is 0.414. The Morgan fingerprint density at radius 1 is 1.09 bits per heavy atom. The van der Waals surface area contributed by atoms with Crippen LogP contribution in [0.25, 0.3) is 0 Å². The van der Waals surface area contributed by atoms with E-state index in [1.165, 1.54) is 22.3 Å². The van der Waals surface area contributed by atoms with Gasteiger partial charge >= 0.3 is 0 Å². The van der Waals surface area contributed by atoms with Crippen LogP contribution in [0.4, 0.5) is 0 Å². The van der Waals surface area contributed by atoms with Gasteiger partial charge in [-0.2, -0.15) is 0 Å². The van der Waals surface area contributed by atoms with Crippen molar-refractivity contribution in [2.75, 3.05) is 13.7 Å². The van der Waals surface area contributed by atoms with Crippen LogP contribution in [0.5, 0.6) is 5.75 Å². The van der Waals surface area contributed by atoms with E-state index >= 15 is 0 Å². The second-order valence-electron chi connectivity index (χ2n) is 6.39. The van der Waals surface area contributed by atoms with Gasteiger partial charge in [-0.05, 0) is 66.1 Å². The molecule has 1 aliphatic rings. The normalized spacial score (nSPS) is 18.0. The Kier molecular flexibility index (Phi) is 4.49. The number of rotatable bonds is 4. The molecule has 0 heterocycles. The summed E-state index contributed by atoms with van der Waals surface area (Å²) >= 11 is 0. The maximum absolute atomic E-state index is 5.89. The summed E-state index contributed by atoms with van der Waals surface area (Å²) in [6, 6.07) is 15.4. The molecular formula is C20H25NO. The topological polar surface area (TPSA) is 35.2 Å². The highest BCUT2D eigenvalue weighted by atomic mass is 16.5. The van der Waals surface area contributed by atoms with Crippen LogP contribution in [0.1, 0.15) is 41.5 Å². The Morgan fingerprint density at radius 2 is 1.82 bits per heavy atom. The molecule has 2 aromatic carbocycles. The molecule has 22 heavy (non-hydrogen) atoms. The summed E-state index contributed by atoms with van der Waals surface area (Å²) in [4.78, 5) is 0. The van der Waals surface area contributed by atoms with E-state index in [0.717, 1.165) is 31.6 Å². The fourth-order valence-electron chi connectivity index (χ4n) is 3.56. The van der Waals surface area contributed by atoms with E-state index in [1.807, 2.05) is 0 Å². The van der Waals surface area contributed by atoms with Crippen LogP contribution in [-0.4, -0.2) is 13.7 Å². The number of benzene rings is 2. The van der Waals surface area contributed by atoms with Crippen LogP contribution < -0.4 is 10.5 Å². The van der Waals surface area contributed by atoms with Crippen molar-refractivity contribution in [1.29, 1.82) is 0 Å². The number of ether oxygens (including phenoxy) is 1. The third kappa shape index (κ3) is 2.89. The van der Waals surface area contributed by atoms with Crippen molar-refractivity contribution in [3.63, 3.8) is 0 Å². The van der Waals surface area contributed by atoms with E-state index in [1.54, 1.807) is 7.11 Å². The van der Waals surface area contributed by atoms with Crippen LogP contribution in [0.15, 0.2) is 42.5 Å². The first-order valence-corrected chi connectivity index (χ1v) is 8.17. The van der Waals surface area contributed by atoms with Gasteiger partial charge in [0.25, 0.3) is 0 Å². The van der Waals surface area contributed by atoms with E-state index in [9.17, 15) is 0 Å². The Balaban J connectivity index is 2.08. The predicted octanol–water partition coefficient (Wildman–Crippen LogP) is 3.91. The first-order valence-electron chi connectivity index (χ1n) is 8.17. The smallest absolute Gasteiger partial charge is 0.119 e. The molecule has 0 saturated carbocycles. The summed E-state index contributed by atoms with van der Waals surface area (Å²) in [5.41, 5.74) is 11.7. The zero-order valence-corrected chi connectivity index (χ0v) is 13.5. The first-order chi connectivity index (χ1) is 10.7. The minimum atomic E-state index is 0.443. The Hall–Kier alpha value is -1.80. The molecule has 0 aliphatic heterocycles. The molecule has 0 bridgehead atoms. The van der Waals surface area contributed by atoms with Crippen molar-refractivity contribution in [2.24, 2.45) is 11.7 Å². The molecule has 2 heteroatoms. The molecule has 0 radical (unpaired) electrons. The number of methoxy groups -OCH3 is 1. The average Bonchev–Trinajstić information content (AvgIpc) is 2.72. The second kappa shape index (κ2) is 6.53. The molecule has 116 valence electrons. The van der Waals surface area contributed by atoms with Crippen LogP contribution in [0.2, 0.25) is 0 Å². The molecule has 3 rings (SSSR count). The maximum Gasteiger partial charge on any atom is 0.119 e. The van der Waals surface area contributed by atoms with Crippen molar-refractivity contribution in [3.05, 3.63) is 64.7 Å². The fraction of sp³-hybridized carbons (Fsp3) is 0.400. The van der Waals surface area contributed by atoms with Gasteiger partial charge in [-0.3, -0.25) is 0 Å². The number of nitrogens with two attached hydrogens (primary N) is 1. The summed E-state index contributed by atoms with van der Waals surface area (Å²) in [7, 11) is 1.74. The summed E-state index contributed by atoms with van der Waals surface area (Å²) in [5.74, 6) is 1.92. The molecule has 2 N–H and O–H groups in total. The van der Waals surface area contributed by atoms with Crippen molar-refractivity contribution in [1.82, 2.24) is 0 Å². The minimum Gasteiger partial charge on any atom is -0.497 e. The highest BCUT2D eigenvalue weighted by molar-refractivity contribution is 5.47. The molecule has 0 aromatic heterocycles. The summed E-state index contributed by atoms with van der Waals surface area (Å²) in [5, 5.41) is 0. The highest BCUT2D eigenvalue weighted by Crippen LogP contribution is 2.39. The van der Waals surface area contributed by atoms with Gasteiger partial charge in [0.1, 0.15) is 5.75 Å². The second-order valence-corrected chi connectivity index (χ2v) is 6.39. The van der Waals surface area contributed by atoms with Gasteiger partial charge < -0.3 is 10.5 Å². The van der Waals surface area contributed by atoms with Gasteiger partial charge in [0, 0.05) is 5.92 Å². The molecule has 1 aliphatic carbocycles. The van der Waals surface area contributed by atoms with E-state index in [4.69, 9.17) is 10.5 Å². The number of hydrogen-bond acceptors (Lipinski definition) is 2. The Labute approximate surface area is 133 Å². The molecule has 2 atom stereocenters. The zero-order chi connectivity index (χ0) is 15.5. The van der Waals surface area contributed by atoms with Gasteiger partial charge in [-0.15, -0.1) is 0 Å². The van der Waals surface area contributed by atoms with E-state index in [2.05, 4.69) is 49.4 Å². The summed E-state index contributed by atoms with van der Waals surface area (Å²) in [6.07, 6.45) is 3.29. The number of fused-ring (bicyclic) bond motifs is 2. The molecule has 0 fully saturated rings. The molecule has 0 amide bonds. The standard InChI is InChI=1S/C20H25NO/c1-14(13-21)11-20-18-6-4-3-5-15(18)7-8-16-12-17(22-2)9-10-19(16)20/h3-6,9-10,12,14,20H,7-8,11,13,21H2,1-2H3. The zero-order valence-electron chi connectivity index (χ0n) is 13.5. The highest BCUT2D eigenvalue weighted by Gasteiger charge is 2.25. The Morgan fingerprint density at radius 3 is 2.59 bits per heavy atom. The monoisotopic (exact) mass is 295 g/mol. The average molecular weight is 295 g/mol. The summed E-state index contributed by atoms with van der Waals surface area (Å²) < 4.78 is 5.42. The lowest BCUT2D eigenvalue weighted by atomic mass is 9.82. The minimum absolute atomic E-state index is 0.443. The van der Waals surface area contributed by atoms with E-state index in [0.29, 0.717) is 11.8 Å². The van der Waals surface area contributed by atoms with Gasteiger partial charge in [0.2, 0.25) is 0 Å². The van der Waals surface area contributed by atoms with Crippen molar-refractivity contribution in [3.8, 4) is 5.75 Å². The van der Waals surface area contributed by atoms with Crippen LogP contribution in [0, 0.1) is 5.92 Å². The summed E-state index contributed by atoms with van der Waals surface area (Å²) in [6.45, 7) is 2.99. The van der Waals surface area contributed by atoms with Gasteiger partial charge in [0.05, 0.1) is 7.11 Å². The van der Waals surface area contributed by atoms with Gasteiger partial charge in [0.15, 0.2) is 0 Å². The number of aryl methyl sites for hydroxylation is 2. The van der Waals surface area contributed by atoms with E-state index < -0.39 is 0 Å². The SMILES string of the molecule is COc1ccc2c(c1)CCc1ccccc1C2CC(C)CN. The quantitative estimate of drug-likeness (QED) is 0.928. The third-order valence-corrected chi connectivity index (χ3v) is 4.86. The lowest BCUT2D eigenvalue weighted by Gasteiger charge is -2.23. The van der Waals surface area contributed by atoms with Crippen LogP contribution >= 0.6 is 0 Å². The molecular weight excluding hydrogens is 270 g/mol. The molecule has 2 aromatic rings. The van der Waals surface area contributed by atoms with E-state index in [-0.39, 0.29) is 0 Å². The third-order valence-electron chi connectivity index (χ3n) is 4.86. The van der Waals surface area contributed by atoms with Crippen molar-refractivity contribution in [2.45, 2.75) is 32.1 Å². The largest absolute Gasteiger partial charge is 0.497 e. The number of hydrogen-bond donors (Lipinski definition) is 1. The molecule has 0 spiro atoms. The van der Waals surface area contributed by atoms with Crippen LogP contribution in [-0.2, 0) is 12.8 Å². The van der Waals surface area contributed by atoms with Crippen LogP contribution in [0.3, 0.4) is 0 Å². The Bertz CT molecular complexity index is 650. The molecule has 2 nitrogen and oxygen atoms in total. The van der Waals surface area contributed by atoms with Gasteiger partial charge in [-0.25, -0.2) is 0 Å². The maximum atomic E-state index is 5.89. The molecule has 2 unspecified atom stereocenters.